The van der Waals surface area contributed by atoms with Crippen LogP contribution in [0.5, 0.6) is 0 Å². The predicted molar refractivity (Wildman–Crippen MR) is 69.5 cm³/mol. The van der Waals surface area contributed by atoms with Gasteiger partial charge >= 0.3 is 5.97 Å². The van der Waals surface area contributed by atoms with Gasteiger partial charge in [0.2, 0.25) is 5.91 Å². The summed E-state index contributed by atoms with van der Waals surface area (Å²) in [6.45, 7) is 2.76. The van der Waals surface area contributed by atoms with Gasteiger partial charge in [-0.25, -0.2) is 4.79 Å². The van der Waals surface area contributed by atoms with Gasteiger partial charge in [-0.3, -0.25) is 24.7 Å². The van der Waals surface area contributed by atoms with Gasteiger partial charge in [0, 0.05) is 6.20 Å². The Morgan fingerprint density at radius 1 is 1.33 bits per heavy atom. The first-order valence-electron chi connectivity index (χ1n) is 6.09. The number of aromatic carboxylic acids is 1. The zero-order valence-electron chi connectivity index (χ0n) is 11.4. The molecule has 0 radical (unpaired) electrons. The Labute approximate surface area is 119 Å². The number of carboxylic acid groups (broad SMARTS) is 1. The van der Waals surface area contributed by atoms with E-state index in [9.17, 15) is 19.2 Å². The molecule has 1 fully saturated rings. The molecule has 0 atom stereocenters. The number of carbonyl (C=O) groups is 4. The van der Waals surface area contributed by atoms with E-state index >= 15 is 0 Å². The molecule has 1 aromatic heterocycles. The standard InChI is InChI=1S/C13H13N3O5/c1-13(2)12(21)15-9(17)6-16(13)10(18)8-4-3-7(5-14-8)11(19)20/h3-5H,6H2,1-2H3,(H,19,20)(H,15,17,21). The van der Waals surface area contributed by atoms with Crippen molar-refractivity contribution in [3.63, 3.8) is 0 Å². The topological polar surface area (TPSA) is 117 Å². The Bertz CT molecular complexity index is 636. The number of carboxylic acids is 1. The molecule has 0 aliphatic carbocycles. The van der Waals surface area contributed by atoms with E-state index in [-0.39, 0.29) is 17.8 Å². The first-order valence-corrected chi connectivity index (χ1v) is 6.09. The van der Waals surface area contributed by atoms with Crippen LogP contribution >= 0.6 is 0 Å². The van der Waals surface area contributed by atoms with Crippen LogP contribution < -0.4 is 5.32 Å². The van der Waals surface area contributed by atoms with Crippen LogP contribution in [0.4, 0.5) is 0 Å². The zero-order valence-corrected chi connectivity index (χ0v) is 11.4. The van der Waals surface area contributed by atoms with Gasteiger partial charge in [0.05, 0.1) is 5.56 Å². The maximum Gasteiger partial charge on any atom is 0.337 e. The summed E-state index contributed by atoms with van der Waals surface area (Å²) >= 11 is 0. The molecule has 0 unspecified atom stereocenters. The summed E-state index contributed by atoms with van der Waals surface area (Å²) in [5, 5.41) is 10.9. The van der Waals surface area contributed by atoms with Gasteiger partial charge in [-0.1, -0.05) is 0 Å². The summed E-state index contributed by atoms with van der Waals surface area (Å²) in [7, 11) is 0. The summed E-state index contributed by atoms with van der Waals surface area (Å²) < 4.78 is 0. The molecule has 1 aromatic rings. The molecule has 2 rings (SSSR count). The molecular weight excluding hydrogens is 278 g/mol. The normalized spacial score (nSPS) is 17.3. The van der Waals surface area contributed by atoms with Gasteiger partial charge < -0.3 is 10.0 Å². The van der Waals surface area contributed by atoms with Gasteiger partial charge in [0.25, 0.3) is 11.8 Å². The number of aromatic nitrogens is 1. The molecule has 1 aliphatic heterocycles. The largest absolute Gasteiger partial charge is 0.478 e. The molecule has 8 nitrogen and oxygen atoms in total. The van der Waals surface area contributed by atoms with E-state index in [1.807, 2.05) is 0 Å². The molecule has 8 heteroatoms. The first-order chi connectivity index (χ1) is 9.73. The van der Waals surface area contributed by atoms with Crippen molar-refractivity contribution in [3.05, 3.63) is 29.6 Å². The van der Waals surface area contributed by atoms with Crippen molar-refractivity contribution < 1.29 is 24.3 Å². The smallest absolute Gasteiger partial charge is 0.337 e. The van der Waals surface area contributed by atoms with Crippen molar-refractivity contribution in [3.8, 4) is 0 Å². The van der Waals surface area contributed by atoms with E-state index < -0.39 is 29.2 Å². The molecule has 110 valence electrons. The highest BCUT2D eigenvalue weighted by atomic mass is 16.4. The highest BCUT2D eigenvalue weighted by molar-refractivity contribution is 6.08. The maximum atomic E-state index is 12.4. The summed E-state index contributed by atoms with van der Waals surface area (Å²) in [4.78, 5) is 51.2. The summed E-state index contributed by atoms with van der Waals surface area (Å²) in [6, 6.07) is 2.49. The second kappa shape index (κ2) is 4.97. The lowest BCUT2D eigenvalue weighted by Crippen LogP contribution is -2.65. The van der Waals surface area contributed by atoms with Crippen LogP contribution in [-0.2, 0) is 9.59 Å². The Hall–Kier alpha value is -2.77. The Kier molecular flexibility index (Phi) is 3.46. The molecule has 2 heterocycles. The minimum absolute atomic E-state index is 0.0319. The number of nitrogens with one attached hydrogen (secondary N) is 1. The number of imide groups is 1. The quantitative estimate of drug-likeness (QED) is 0.720. The van der Waals surface area contributed by atoms with Crippen LogP contribution in [-0.4, -0.2) is 50.8 Å². The number of hydrogen-bond donors (Lipinski definition) is 2. The minimum atomic E-state index is -1.20. The molecule has 0 bridgehead atoms. The Morgan fingerprint density at radius 3 is 2.52 bits per heavy atom. The van der Waals surface area contributed by atoms with Crippen LogP contribution in [0.2, 0.25) is 0 Å². The van der Waals surface area contributed by atoms with Crippen molar-refractivity contribution in [2.24, 2.45) is 0 Å². The predicted octanol–water partition coefficient (Wildman–Crippen LogP) is -0.343. The van der Waals surface area contributed by atoms with Crippen LogP contribution in [0.1, 0.15) is 34.7 Å². The van der Waals surface area contributed by atoms with Gasteiger partial charge in [-0.05, 0) is 26.0 Å². The lowest BCUT2D eigenvalue weighted by molar-refractivity contribution is -0.143. The number of carbonyl (C=O) groups excluding carboxylic acids is 3. The van der Waals surface area contributed by atoms with Crippen molar-refractivity contribution in [2.45, 2.75) is 19.4 Å². The maximum absolute atomic E-state index is 12.4. The third-order valence-electron chi connectivity index (χ3n) is 3.26. The fraction of sp³-hybridized carbons (Fsp3) is 0.308. The molecule has 1 aliphatic rings. The number of amides is 3. The van der Waals surface area contributed by atoms with E-state index in [2.05, 4.69) is 10.3 Å². The van der Waals surface area contributed by atoms with Gasteiger partial charge in [-0.2, -0.15) is 0 Å². The van der Waals surface area contributed by atoms with Gasteiger partial charge in [-0.15, -0.1) is 0 Å². The zero-order chi connectivity index (χ0) is 15.8. The molecule has 21 heavy (non-hydrogen) atoms. The molecule has 1 saturated heterocycles. The van der Waals surface area contributed by atoms with Crippen LogP contribution in [0.25, 0.3) is 0 Å². The molecule has 0 spiro atoms. The summed E-state index contributed by atoms with van der Waals surface area (Å²) in [5.74, 6) is -2.92. The Morgan fingerprint density at radius 2 is 2.00 bits per heavy atom. The van der Waals surface area contributed by atoms with Crippen LogP contribution in [0.3, 0.4) is 0 Å². The number of pyridine rings is 1. The Balaban J connectivity index is 2.31. The van der Waals surface area contributed by atoms with Gasteiger partial charge in [0.15, 0.2) is 0 Å². The van der Waals surface area contributed by atoms with Crippen molar-refractivity contribution in [2.75, 3.05) is 6.54 Å². The van der Waals surface area contributed by atoms with E-state index in [1.165, 1.54) is 26.0 Å². The number of piperazine rings is 1. The average molecular weight is 291 g/mol. The number of nitrogens with zero attached hydrogens (tertiary/aromatic N) is 2. The molecule has 3 amide bonds. The summed E-state index contributed by atoms with van der Waals surface area (Å²) in [6.07, 6.45) is 1.05. The third-order valence-corrected chi connectivity index (χ3v) is 3.26. The van der Waals surface area contributed by atoms with E-state index in [4.69, 9.17) is 5.11 Å². The second-order valence-electron chi connectivity index (χ2n) is 5.06. The lowest BCUT2D eigenvalue weighted by Gasteiger charge is -2.39. The third kappa shape index (κ3) is 2.60. The van der Waals surface area contributed by atoms with Gasteiger partial charge in [0.1, 0.15) is 17.8 Å². The van der Waals surface area contributed by atoms with E-state index in [0.29, 0.717) is 0 Å². The highest BCUT2D eigenvalue weighted by Gasteiger charge is 2.44. The van der Waals surface area contributed by atoms with Crippen LogP contribution in [0.15, 0.2) is 18.3 Å². The first kappa shape index (κ1) is 14.6. The average Bonchev–Trinajstić information content (AvgIpc) is 2.42. The van der Waals surface area contributed by atoms with Crippen molar-refractivity contribution in [1.29, 1.82) is 0 Å². The fourth-order valence-electron chi connectivity index (χ4n) is 1.89. The molecule has 2 N–H and O–H groups in total. The second-order valence-corrected chi connectivity index (χ2v) is 5.06. The van der Waals surface area contributed by atoms with Crippen LogP contribution in [0, 0.1) is 0 Å². The van der Waals surface area contributed by atoms with Crippen molar-refractivity contribution >= 4 is 23.7 Å². The summed E-state index contributed by atoms with van der Waals surface area (Å²) in [5.41, 5.74) is -1.29. The molecule has 0 aromatic carbocycles. The van der Waals surface area contributed by atoms with E-state index in [0.717, 1.165) is 11.1 Å². The highest BCUT2D eigenvalue weighted by Crippen LogP contribution is 2.20. The van der Waals surface area contributed by atoms with E-state index in [1.54, 1.807) is 0 Å². The van der Waals surface area contributed by atoms with Crippen molar-refractivity contribution in [1.82, 2.24) is 15.2 Å². The number of rotatable bonds is 2. The SMILES string of the molecule is CC1(C)C(=O)NC(=O)CN1C(=O)c1ccc(C(=O)O)cn1. The molecule has 0 saturated carbocycles. The molecular formula is C13H13N3O5. The lowest BCUT2D eigenvalue weighted by atomic mass is 9.98. The minimum Gasteiger partial charge on any atom is -0.478 e. The fourth-order valence-corrected chi connectivity index (χ4v) is 1.89. The monoisotopic (exact) mass is 291 g/mol. The number of hydrogen-bond acceptors (Lipinski definition) is 5.